The Labute approximate surface area is 112 Å². The van der Waals surface area contributed by atoms with Gasteiger partial charge in [-0.3, -0.25) is 0 Å². The number of nitrogens with one attached hydrogen (secondary N) is 2. The van der Waals surface area contributed by atoms with Crippen molar-refractivity contribution in [1.82, 2.24) is 10.4 Å². The maximum absolute atomic E-state index is 10.1. The number of benzene rings is 1. The Morgan fingerprint density at radius 3 is 2.50 bits per heavy atom. The number of aliphatic hydroxyl groups excluding tert-OH is 1. The van der Waals surface area contributed by atoms with E-state index < -0.39 is 6.10 Å². The van der Waals surface area contributed by atoms with Crippen LogP contribution in [0.3, 0.4) is 0 Å². The third-order valence-corrected chi connectivity index (χ3v) is 2.87. The lowest BCUT2D eigenvalue weighted by Crippen LogP contribution is -2.33. The van der Waals surface area contributed by atoms with Gasteiger partial charge in [-0.15, -0.1) is 0 Å². The summed E-state index contributed by atoms with van der Waals surface area (Å²) in [5.41, 5.74) is 1.87. The van der Waals surface area contributed by atoms with Gasteiger partial charge in [0.15, 0.2) is 0 Å². The molecule has 0 heterocycles. The molecular weight excluding hydrogens is 243 g/mol. The first-order valence-electron chi connectivity index (χ1n) is 6.25. The molecule has 0 fully saturated rings. The van der Waals surface area contributed by atoms with Gasteiger partial charge in [-0.1, -0.05) is 44.2 Å². The monoisotopic (exact) mass is 266 g/mol. The van der Waals surface area contributed by atoms with Gasteiger partial charge in [0.2, 0.25) is 0 Å². The van der Waals surface area contributed by atoms with Crippen molar-refractivity contribution in [1.29, 1.82) is 0 Å². The van der Waals surface area contributed by atoms with Gasteiger partial charge in [0, 0.05) is 12.2 Å². The van der Waals surface area contributed by atoms with Crippen molar-refractivity contribution in [2.75, 3.05) is 13.1 Å². The van der Waals surface area contributed by atoms with Crippen molar-refractivity contribution in [3.05, 3.63) is 41.6 Å². The molecule has 2 unspecified atom stereocenters. The molecule has 1 aromatic rings. The summed E-state index contributed by atoms with van der Waals surface area (Å²) in [5.74, 6) is 0.586. The zero-order valence-corrected chi connectivity index (χ0v) is 12.2. The van der Waals surface area contributed by atoms with E-state index in [0.29, 0.717) is 12.5 Å². The Hall–Kier alpha value is -0.890. The fourth-order valence-electron chi connectivity index (χ4n) is 1.58. The highest BCUT2D eigenvalue weighted by Crippen LogP contribution is 2.09. The quantitative estimate of drug-likeness (QED) is 0.662. The topological polar surface area (TPSA) is 44.3 Å². The lowest BCUT2D eigenvalue weighted by atomic mass is 10.1. The number of hydrogen-bond acceptors (Lipinski definition) is 3. The molecule has 0 radical (unpaired) electrons. The molecule has 0 saturated carbocycles. The lowest BCUT2D eigenvalue weighted by molar-refractivity contribution is 0.202. The number of aliphatic hydroxyl groups is 1. The van der Waals surface area contributed by atoms with Gasteiger partial charge in [-0.2, -0.15) is 0 Å². The summed E-state index contributed by atoms with van der Waals surface area (Å²) in [4.78, 5) is 0. The summed E-state index contributed by atoms with van der Waals surface area (Å²) in [6.45, 7) is 5.76. The number of hydrogen-bond donors (Lipinski definition) is 3. The molecule has 0 aliphatic heterocycles. The van der Waals surface area contributed by atoms with Crippen molar-refractivity contribution >= 4 is 15.5 Å². The fourth-order valence-corrected chi connectivity index (χ4v) is 1.86. The van der Waals surface area contributed by atoms with Gasteiger partial charge in [0.05, 0.1) is 0 Å². The van der Waals surface area contributed by atoms with E-state index in [1.807, 2.05) is 36.4 Å². The summed E-state index contributed by atoms with van der Waals surface area (Å²) >= 11 is 0. The molecule has 0 bridgehead atoms. The highest BCUT2D eigenvalue weighted by molar-refractivity contribution is 7.14. The van der Waals surface area contributed by atoms with Gasteiger partial charge >= 0.3 is 0 Å². The fraction of sp³-hybridized carbons (Fsp3) is 0.429. The van der Waals surface area contributed by atoms with Gasteiger partial charge in [-0.25, -0.2) is 0 Å². The molecule has 0 aromatic heterocycles. The van der Waals surface area contributed by atoms with Crippen molar-refractivity contribution in [3.63, 3.8) is 0 Å². The Bertz CT molecular complexity index is 365. The zero-order valence-electron chi connectivity index (χ0n) is 11.1. The first-order valence-corrected chi connectivity index (χ1v) is 6.83. The smallest absolute Gasteiger partial charge is 0.106 e. The van der Waals surface area contributed by atoms with Crippen LogP contribution in [0.15, 0.2) is 36.0 Å². The van der Waals surface area contributed by atoms with Crippen LogP contribution in [-0.2, 0) is 0 Å². The summed E-state index contributed by atoms with van der Waals surface area (Å²) in [6.07, 6.45) is 1.43. The van der Waals surface area contributed by atoms with E-state index in [1.54, 1.807) is 0 Å². The van der Waals surface area contributed by atoms with Crippen LogP contribution in [-0.4, -0.2) is 24.3 Å². The third kappa shape index (κ3) is 5.63. The van der Waals surface area contributed by atoms with E-state index in [-0.39, 0.29) is 0 Å². The maximum atomic E-state index is 10.1. The van der Waals surface area contributed by atoms with Crippen LogP contribution in [0.25, 0.3) is 6.08 Å². The third-order valence-electron chi connectivity index (χ3n) is 2.54. The summed E-state index contributed by atoms with van der Waals surface area (Å²) < 4.78 is 0. The predicted molar refractivity (Wildman–Crippen MR) is 81.0 cm³/mol. The highest BCUT2D eigenvalue weighted by atomic mass is 31.0. The van der Waals surface area contributed by atoms with E-state index in [9.17, 15) is 5.11 Å². The standard InChI is InChI=1S/C14H23N2OP/c1-11(2)9-15-10-14(17)13(16-18)8-12-6-4-3-5-7-12/h3-8,11,14-17H,9-10,18H2,1-2H3/b13-8+. The molecule has 3 N–H and O–H groups in total. The molecule has 0 amide bonds. The molecule has 1 aromatic carbocycles. The van der Waals surface area contributed by atoms with E-state index in [1.165, 1.54) is 0 Å². The van der Waals surface area contributed by atoms with Crippen molar-refractivity contribution in [2.24, 2.45) is 5.92 Å². The molecule has 0 saturated heterocycles. The van der Waals surface area contributed by atoms with Crippen LogP contribution in [0, 0.1) is 5.92 Å². The average Bonchev–Trinajstić information content (AvgIpc) is 2.36. The summed E-state index contributed by atoms with van der Waals surface area (Å²) in [6, 6.07) is 9.96. The second-order valence-electron chi connectivity index (χ2n) is 4.72. The van der Waals surface area contributed by atoms with E-state index in [2.05, 4.69) is 33.6 Å². The average molecular weight is 266 g/mol. The molecule has 4 heteroatoms. The SMILES string of the molecule is CC(C)CNCC(O)/C(=C\c1ccccc1)NP. The molecule has 0 aliphatic rings. The molecule has 3 nitrogen and oxygen atoms in total. The predicted octanol–water partition coefficient (Wildman–Crippen LogP) is 2.01. The highest BCUT2D eigenvalue weighted by Gasteiger charge is 2.09. The molecule has 0 spiro atoms. The van der Waals surface area contributed by atoms with Crippen LogP contribution in [0.4, 0.5) is 0 Å². The second-order valence-corrected chi connectivity index (χ2v) is 5.01. The minimum atomic E-state index is -0.526. The molecular formula is C14H23N2OP. The van der Waals surface area contributed by atoms with E-state index in [4.69, 9.17) is 0 Å². The van der Waals surface area contributed by atoms with Crippen LogP contribution in [0.2, 0.25) is 0 Å². The van der Waals surface area contributed by atoms with Crippen LogP contribution >= 0.6 is 9.39 Å². The van der Waals surface area contributed by atoms with Crippen LogP contribution < -0.4 is 10.4 Å². The molecule has 1 rings (SSSR count). The Balaban J connectivity index is 2.57. The van der Waals surface area contributed by atoms with Crippen LogP contribution in [0.5, 0.6) is 0 Å². The van der Waals surface area contributed by atoms with Gasteiger partial charge in [0.25, 0.3) is 0 Å². The van der Waals surface area contributed by atoms with Gasteiger partial charge in [-0.05, 0) is 33.5 Å². The first kappa shape index (κ1) is 15.2. The summed E-state index contributed by atoms with van der Waals surface area (Å²) in [7, 11) is 2.44. The molecule has 100 valence electrons. The number of rotatable bonds is 7. The van der Waals surface area contributed by atoms with Gasteiger partial charge < -0.3 is 15.5 Å². The Kier molecular flexibility index (Phi) is 6.96. The lowest BCUT2D eigenvalue weighted by Gasteiger charge is -2.16. The Morgan fingerprint density at radius 1 is 1.28 bits per heavy atom. The Morgan fingerprint density at radius 2 is 1.94 bits per heavy atom. The normalized spacial score (nSPS) is 13.7. The molecule has 18 heavy (non-hydrogen) atoms. The van der Waals surface area contributed by atoms with Crippen molar-refractivity contribution in [3.8, 4) is 0 Å². The van der Waals surface area contributed by atoms with E-state index >= 15 is 0 Å². The zero-order chi connectivity index (χ0) is 13.4. The molecule has 0 aliphatic carbocycles. The molecule has 2 atom stereocenters. The van der Waals surface area contributed by atoms with Gasteiger partial charge in [0.1, 0.15) is 6.10 Å². The largest absolute Gasteiger partial charge is 0.386 e. The minimum absolute atomic E-state index is 0.526. The first-order chi connectivity index (χ1) is 8.63. The van der Waals surface area contributed by atoms with E-state index in [0.717, 1.165) is 17.8 Å². The second kappa shape index (κ2) is 8.25. The maximum Gasteiger partial charge on any atom is 0.106 e. The van der Waals surface area contributed by atoms with Crippen molar-refractivity contribution in [2.45, 2.75) is 20.0 Å². The minimum Gasteiger partial charge on any atom is -0.386 e. The van der Waals surface area contributed by atoms with Crippen molar-refractivity contribution < 1.29 is 5.11 Å². The van der Waals surface area contributed by atoms with Crippen LogP contribution in [0.1, 0.15) is 19.4 Å². The summed E-state index contributed by atoms with van der Waals surface area (Å²) in [5, 5.41) is 16.3.